The zero-order chi connectivity index (χ0) is 16.4. The summed E-state index contributed by atoms with van der Waals surface area (Å²) in [5.41, 5.74) is 1.50. The van der Waals surface area contributed by atoms with Gasteiger partial charge in [0.2, 0.25) is 0 Å². The molecule has 120 valence electrons. The van der Waals surface area contributed by atoms with Gasteiger partial charge in [0.1, 0.15) is 11.9 Å². The molecule has 1 atom stereocenters. The number of ether oxygens (including phenoxy) is 1. The quantitative estimate of drug-likeness (QED) is 0.630. The summed E-state index contributed by atoms with van der Waals surface area (Å²) in [4.78, 5) is 21.6. The van der Waals surface area contributed by atoms with Gasteiger partial charge in [0.15, 0.2) is 5.16 Å². The second-order valence-corrected chi connectivity index (χ2v) is 5.92. The van der Waals surface area contributed by atoms with Crippen LogP contribution in [0.4, 0.5) is 14.9 Å². The Hall–Kier alpha value is -2.15. The molecule has 0 spiro atoms. The maximum absolute atomic E-state index is 14.4. The minimum absolute atomic E-state index is 0.141. The summed E-state index contributed by atoms with van der Waals surface area (Å²) in [5, 5.41) is 0.635. The molecule has 2 heterocycles. The minimum atomic E-state index is -0.434. The average molecular weight is 333 g/mol. The molecule has 0 bridgehead atoms. The summed E-state index contributed by atoms with van der Waals surface area (Å²) < 4.78 is 19.6. The van der Waals surface area contributed by atoms with Crippen molar-refractivity contribution in [3.8, 4) is 11.1 Å². The van der Waals surface area contributed by atoms with E-state index in [9.17, 15) is 9.18 Å². The van der Waals surface area contributed by atoms with E-state index in [0.717, 1.165) is 6.42 Å². The third-order valence-corrected chi connectivity index (χ3v) is 4.29. The Kier molecular flexibility index (Phi) is 4.47. The number of carbonyl (C=O) groups excluding carboxylic acids is 1. The van der Waals surface area contributed by atoms with Crippen molar-refractivity contribution in [1.29, 1.82) is 0 Å². The highest BCUT2D eigenvalue weighted by Crippen LogP contribution is 2.29. The van der Waals surface area contributed by atoms with Crippen LogP contribution in [0.2, 0.25) is 0 Å². The van der Waals surface area contributed by atoms with Gasteiger partial charge < -0.3 is 4.74 Å². The summed E-state index contributed by atoms with van der Waals surface area (Å²) in [7, 11) is 0. The molecule has 1 aliphatic rings. The lowest BCUT2D eigenvalue weighted by molar-refractivity contribution is 0.139. The predicted molar refractivity (Wildman–Crippen MR) is 87.1 cm³/mol. The number of benzene rings is 1. The van der Waals surface area contributed by atoms with Crippen LogP contribution in [-0.4, -0.2) is 35.0 Å². The first kappa shape index (κ1) is 15.7. The molecule has 3 rings (SSSR count). The Morgan fingerprint density at radius 1 is 1.39 bits per heavy atom. The van der Waals surface area contributed by atoms with E-state index in [1.54, 1.807) is 24.5 Å². The Morgan fingerprint density at radius 2 is 2.13 bits per heavy atom. The van der Waals surface area contributed by atoms with Crippen molar-refractivity contribution in [2.24, 2.45) is 0 Å². The molecule has 1 aromatic carbocycles. The van der Waals surface area contributed by atoms with E-state index in [0.29, 0.717) is 28.5 Å². The van der Waals surface area contributed by atoms with Crippen LogP contribution in [-0.2, 0) is 4.74 Å². The molecule has 5 nitrogen and oxygen atoms in total. The number of nitrogens with zero attached hydrogens (tertiary/aromatic N) is 3. The van der Waals surface area contributed by atoms with Crippen molar-refractivity contribution in [3.05, 3.63) is 36.4 Å². The van der Waals surface area contributed by atoms with Gasteiger partial charge in [-0.25, -0.2) is 19.2 Å². The molecule has 2 aromatic rings. The molecule has 1 saturated heterocycles. The fraction of sp³-hybridized carbons (Fsp3) is 0.312. The molecule has 0 unspecified atom stereocenters. The van der Waals surface area contributed by atoms with Gasteiger partial charge in [0, 0.05) is 23.5 Å². The van der Waals surface area contributed by atoms with Gasteiger partial charge in [-0.1, -0.05) is 18.7 Å². The number of carbonyl (C=O) groups is 1. The van der Waals surface area contributed by atoms with Crippen LogP contribution >= 0.6 is 11.8 Å². The smallest absolute Gasteiger partial charge is 0.414 e. The summed E-state index contributed by atoms with van der Waals surface area (Å²) in [6.45, 7) is 2.39. The van der Waals surface area contributed by atoms with Crippen LogP contribution in [0.3, 0.4) is 0 Å². The molecule has 0 N–H and O–H groups in total. The maximum Gasteiger partial charge on any atom is 0.414 e. The fourth-order valence-electron chi connectivity index (χ4n) is 2.41. The molecule has 1 fully saturated rings. The zero-order valence-electron chi connectivity index (χ0n) is 12.8. The highest BCUT2D eigenvalue weighted by Gasteiger charge is 2.31. The van der Waals surface area contributed by atoms with Crippen LogP contribution in [0, 0.1) is 5.82 Å². The van der Waals surface area contributed by atoms with Gasteiger partial charge >= 0.3 is 6.09 Å². The lowest BCUT2D eigenvalue weighted by atomic mass is 10.1. The number of halogens is 1. The Labute approximate surface area is 137 Å². The Morgan fingerprint density at radius 3 is 2.70 bits per heavy atom. The standard InChI is InChI=1S/C16H16FN3O2S/c1-3-12-9-20(16(21)22-12)11-4-5-13(14(17)6-11)10-7-18-15(23-2)19-8-10/h4-8,12H,3,9H2,1-2H3/t12-/m0/s1. The SMILES string of the molecule is CC[C@H]1CN(c2ccc(-c3cnc(SC)nc3)c(F)c2)C(=O)O1. The summed E-state index contributed by atoms with van der Waals surface area (Å²) in [5.74, 6) is -0.421. The second-order valence-electron chi connectivity index (χ2n) is 5.15. The van der Waals surface area contributed by atoms with Crippen LogP contribution in [0.5, 0.6) is 0 Å². The number of thioether (sulfide) groups is 1. The van der Waals surface area contributed by atoms with Crippen molar-refractivity contribution in [2.45, 2.75) is 24.6 Å². The third kappa shape index (κ3) is 3.14. The highest BCUT2D eigenvalue weighted by molar-refractivity contribution is 7.98. The first-order chi connectivity index (χ1) is 11.1. The van der Waals surface area contributed by atoms with Crippen molar-refractivity contribution in [2.75, 3.05) is 17.7 Å². The van der Waals surface area contributed by atoms with Crippen molar-refractivity contribution in [3.63, 3.8) is 0 Å². The zero-order valence-corrected chi connectivity index (χ0v) is 13.6. The third-order valence-electron chi connectivity index (χ3n) is 3.72. The topological polar surface area (TPSA) is 55.3 Å². The van der Waals surface area contributed by atoms with E-state index in [2.05, 4.69) is 9.97 Å². The van der Waals surface area contributed by atoms with Crippen LogP contribution in [0.1, 0.15) is 13.3 Å². The molecule has 1 aromatic heterocycles. The monoisotopic (exact) mass is 333 g/mol. The van der Waals surface area contributed by atoms with E-state index >= 15 is 0 Å². The lowest BCUT2D eigenvalue weighted by Gasteiger charge is -2.14. The summed E-state index contributed by atoms with van der Waals surface area (Å²) in [6, 6.07) is 4.69. The molecule has 23 heavy (non-hydrogen) atoms. The molecule has 0 saturated carbocycles. The largest absolute Gasteiger partial charge is 0.444 e. The van der Waals surface area contributed by atoms with Gasteiger partial charge in [-0.3, -0.25) is 4.90 Å². The van der Waals surface area contributed by atoms with Crippen molar-refractivity contribution >= 4 is 23.5 Å². The van der Waals surface area contributed by atoms with Gasteiger partial charge in [-0.2, -0.15) is 0 Å². The fourth-order valence-corrected chi connectivity index (χ4v) is 2.73. The van der Waals surface area contributed by atoms with E-state index in [1.807, 2.05) is 13.2 Å². The van der Waals surface area contributed by atoms with Crippen molar-refractivity contribution in [1.82, 2.24) is 9.97 Å². The minimum Gasteiger partial charge on any atom is -0.444 e. The second kappa shape index (κ2) is 6.54. The van der Waals surface area contributed by atoms with Gasteiger partial charge in [0.05, 0.1) is 12.2 Å². The van der Waals surface area contributed by atoms with Gasteiger partial charge in [0.25, 0.3) is 0 Å². The number of amides is 1. The average Bonchev–Trinajstić information content (AvgIpc) is 2.96. The number of hydrogen-bond acceptors (Lipinski definition) is 5. The van der Waals surface area contributed by atoms with E-state index < -0.39 is 11.9 Å². The first-order valence-corrected chi connectivity index (χ1v) is 8.49. The van der Waals surface area contributed by atoms with Crippen LogP contribution in [0.25, 0.3) is 11.1 Å². The molecular weight excluding hydrogens is 317 g/mol. The number of aromatic nitrogens is 2. The first-order valence-electron chi connectivity index (χ1n) is 7.26. The number of anilines is 1. The van der Waals surface area contributed by atoms with Gasteiger partial charge in [-0.15, -0.1) is 0 Å². The van der Waals surface area contributed by atoms with E-state index in [4.69, 9.17) is 4.74 Å². The van der Waals surface area contributed by atoms with Crippen LogP contribution < -0.4 is 4.90 Å². The molecular formula is C16H16FN3O2S. The summed E-state index contributed by atoms with van der Waals surface area (Å²) >= 11 is 1.42. The predicted octanol–water partition coefficient (Wildman–Crippen LogP) is 3.74. The van der Waals surface area contributed by atoms with E-state index in [1.165, 1.54) is 22.7 Å². The number of hydrogen-bond donors (Lipinski definition) is 0. The van der Waals surface area contributed by atoms with Gasteiger partial charge in [-0.05, 0) is 30.9 Å². The van der Waals surface area contributed by atoms with Crippen LogP contribution in [0.15, 0.2) is 35.7 Å². The maximum atomic E-state index is 14.4. The molecule has 1 amide bonds. The number of rotatable bonds is 4. The Balaban J connectivity index is 1.87. The molecule has 1 aliphatic heterocycles. The van der Waals surface area contributed by atoms with Crippen molar-refractivity contribution < 1.29 is 13.9 Å². The normalized spacial score (nSPS) is 17.4. The number of cyclic esters (lactones) is 1. The van der Waals surface area contributed by atoms with E-state index in [-0.39, 0.29) is 6.10 Å². The molecule has 0 radical (unpaired) electrons. The summed E-state index contributed by atoms with van der Waals surface area (Å²) in [6.07, 6.45) is 5.22. The highest BCUT2D eigenvalue weighted by atomic mass is 32.2. The molecule has 0 aliphatic carbocycles. The lowest BCUT2D eigenvalue weighted by Crippen LogP contribution is -2.24. The molecule has 7 heteroatoms. The Bertz CT molecular complexity index is 724.